The number of alkyl halides is 6. The predicted molar refractivity (Wildman–Crippen MR) is 49.9 cm³/mol. The number of nitrogens with zero attached hydrogens (tertiary/aromatic N) is 2. The van der Waals surface area contributed by atoms with Gasteiger partial charge < -0.3 is 5.32 Å². The van der Waals surface area contributed by atoms with Crippen LogP contribution < -0.4 is 5.32 Å². The molecule has 0 saturated carbocycles. The first-order chi connectivity index (χ1) is 8.84. The van der Waals surface area contributed by atoms with E-state index >= 15 is 0 Å². The Kier molecular flexibility index (Phi) is 3.64. The second-order valence-electron chi connectivity index (χ2n) is 4.19. The largest absolute Gasteiger partial charge is 0.420 e. The highest BCUT2D eigenvalue weighted by Gasteiger charge is 2.64. The zero-order chi connectivity index (χ0) is 15.9. The van der Waals surface area contributed by atoms with Crippen molar-refractivity contribution in [2.24, 2.45) is 5.92 Å². The Labute approximate surface area is 108 Å². The molecule has 112 valence electrons. The van der Waals surface area contributed by atoms with E-state index in [1.807, 2.05) is 0 Å². The molecule has 0 aliphatic carbocycles. The van der Waals surface area contributed by atoms with E-state index < -0.39 is 42.3 Å². The van der Waals surface area contributed by atoms with Gasteiger partial charge in [-0.3, -0.25) is 9.69 Å². The number of halogens is 6. The number of hydrogen-bond acceptors (Lipinski definition) is 3. The lowest BCUT2D eigenvalue weighted by molar-refractivity contribution is -0.192. The van der Waals surface area contributed by atoms with E-state index in [2.05, 4.69) is 0 Å². The molecule has 1 aliphatic rings. The first-order valence-electron chi connectivity index (χ1n) is 5.01. The van der Waals surface area contributed by atoms with E-state index in [0.717, 1.165) is 6.07 Å². The number of nitriles is 1. The van der Waals surface area contributed by atoms with E-state index in [9.17, 15) is 35.9 Å². The first-order valence-corrected chi connectivity index (χ1v) is 5.01. The molecule has 1 aliphatic heterocycles. The monoisotopic (exact) mass is 303 g/mol. The molecule has 0 aromatic heterocycles. The summed E-state index contributed by atoms with van der Waals surface area (Å²) in [4.78, 5) is 22.5. The molecule has 1 fully saturated rings. The fourth-order valence-corrected chi connectivity index (χ4v) is 1.45. The number of urea groups is 1. The summed E-state index contributed by atoms with van der Waals surface area (Å²) in [5.74, 6) is -4.63. The summed E-state index contributed by atoms with van der Waals surface area (Å²) in [5, 5.41) is 9.61. The number of imide groups is 1. The maximum atomic E-state index is 12.6. The van der Waals surface area contributed by atoms with Crippen LogP contribution in [-0.4, -0.2) is 41.3 Å². The highest BCUT2D eigenvalue weighted by molar-refractivity contribution is 6.07. The lowest BCUT2D eigenvalue weighted by Gasteiger charge is -2.25. The Balaban J connectivity index is 3.03. The maximum absolute atomic E-state index is 12.6. The van der Waals surface area contributed by atoms with Gasteiger partial charge in [-0.15, -0.1) is 0 Å². The Bertz CT molecular complexity index is 480. The van der Waals surface area contributed by atoms with Crippen LogP contribution in [0.5, 0.6) is 0 Å². The van der Waals surface area contributed by atoms with Crippen LogP contribution in [0.4, 0.5) is 31.1 Å². The summed E-state index contributed by atoms with van der Waals surface area (Å²) in [6, 6.07) is -0.830. The second kappa shape index (κ2) is 4.53. The third kappa shape index (κ3) is 2.50. The summed E-state index contributed by atoms with van der Waals surface area (Å²) in [6.45, 7) is -1.15. The van der Waals surface area contributed by atoms with Gasteiger partial charge in [-0.2, -0.15) is 31.6 Å². The van der Waals surface area contributed by atoms with Gasteiger partial charge in [-0.05, 0) is 6.92 Å². The summed E-state index contributed by atoms with van der Waals surface area (Å²) in [7, 11) is 0. The molecule has 0 bridgehead atoms. The van der Waals surface area contributed by atoms with E-state index in [0.29, 0.717) is 6.92 Å². The molecule has 11 heteroatoms. The van der Waals surface area contributed by atoms with E-state index in [4.69, 9.17) is 5.26 Å². The van der Waals surface area contributed by atoms with Gasteiger partial charge in [0.05, 0.1) is 12.6 Å². The van der Waals surface area contributed by atoms with Crippen molar-refractivity contribution < 1.29 is 35.9 Å². The van der Waals surface area contributed by atoms with Gasteiger partial charge in [0.2, 0.25) is 5.54 Å². The highest BCUT2D eigenvalue weighted by Crippen LogP contribution is 2.36. The average molecular weight is 303 g/mol. The zero-order valence-corrected chi connectivity index (χ0v) is 9.76. The van der Waals surface area contributed by atoms with Crippen molar-refractivity contribution in [2.75, 3.05) is 6.54 Å². The molecule has 0 aromatic carbocycles. The third-order valence-electron chi connectivity index (χ3n) is 2.76. The topological polar surface area (TPSA) is 73.2 Å². The molecule has 1 heterocycles. The van der Waals surface area contributed by atoms with Crippen molar-refractivity contribution >= 4 is 11.9 Å². The molecule has 20 heavy (non-hydrogen) atoms. The maximum Gasteiger partial charge on any atom is 0.420 e. The number of amides is 3. The third-order valence-corrected chi connectivity index (χ3v) is 2.76. The SMILES string of the molecule is CC1(C(F)(F)F)NC(=O)N(CC(C#N)C(F)(F)F)C1=O. The second-order valence-corrected chi connectivity index (χ2v) is 4.19. The number of rotatable bonds is 2. The van der Waals surface area contributed by atoms with Gasteiger partial charge in [0.15, 0.2) is 5.92 Å². The Morgan fingerprint density at radius 1 is 1.30 bits per heavy atom. The quantitative estimate of drug-likeness (QED) is 0.621. The van der Waals surface area contributed by atoms with Crippen LogP contribution in [0, 0.1) is 17.2 Å². The minimum absolute atomic E-state index is 0.255. The van der Waals surface area contributed by atoms with Crippen molar-refractivity contribution in [1.29, 1.82) is 5.26 Å². The molecule has 0 aromatic rings. The molecule has 0 radical (unpaired) electrons. The van der Waals surface area contributed by atoms with Gasteiger partial charge in [-0.1, -0.05) is 0 Å². The fourth-order valence-electron chi connectivity index (χ4n) is 1.45. The molecule has 0 spiro atoms. The van der Waals surface area contributed by atoms with Crippen LogP contribution >= 0.6 is 0 Å². The first kappa shape index (κ1) is 16.1. The molecule has 2 atom stereocenters. The number of carbonyl (C=O) groups is 2. The average Bonchev–Trinajstić information content (AvgIpc) is 2.46. The molecular formula is C9H7F6N3O2. The van der Waals surface area contributed by atoms with Crippen LogP contribution in [-0.2, 0) is 4.79 Å². The van der Waals surface area contributed by atoms with Crippen LogP contribution in [0.1, 0.15) is 6.92 Å². The Morgan fingerprint density at radius 2 is 1.80 bits per heavy atom. The van der Waals surface area contributed by atoms with Crippen molar-refractivity contribution in [1.82, 2.24) is 10.2 Å². The summed E-state index contributed by atoms with van der Waals surface area (Å²) >= 11 is 0. The van der Waals surface area contributed by atoms with Gasteiger partial charge in [0, 0.05) is 0 Å². The molecule has 3 amide bonds. The van der Waals surface area contributed by atoms with Crippen molar-refractivity contribution in [3.63, 3.8) is 0 Å². The predicted octanol–water partition coefficient (Wildman–Crippen LogP) is 1.56. The van der Waals surface area contributed by atoms with Crippen molar-refractivity contribution in [2.45, 2.75) is 24.8 Å². The van der Waals surface area contributed by atoms with Crippen LogP contribution in [0.2, 0.25) is 0 Å². The molecule has 2 unspecified atom stereocenters. The van der Waals surface area contributed by atoms with Crippen molar-refractivity contribution in [3.05, 3.63) is 0 Å². The van der Waals surface area contributed by atoms with Gasteiger partial charge in [0.1, 0.15) is 0 Å². The van der Waals surface area contributed by atoms with E-state index in [-0.39, 0.29) is 4.90 Å². The lowest BCUT2D eigenvalue weighted by Crippen LogP contribution is -2.56. The zero-order valence-electron chi connectivity index (χ0n) is 9.76. The smallest absolute Gasteiger partial charge is 0.316 e. The van der Waals surface area contributed by atoms with Gasteiger partial charge in [-0.25, -0.2) is 4.79 Å². The summed E-state index contributed by atoms with van der Waals surface area (Å²) in [5.41, 5.74) is -3.30. The van der Waals surface area contributed by atoms with Crippen molar-refractivity contribution in [3.8, 4) is 6.07 Å². The normalized spacial score (nSPS) is 25.4. The standard InChI is InChI=1S/C9H7F6N3O2/c1-7(9(13,14)15)5(19)18(6(20)17-7)3-4(2-16)8(10,11)12/h4H,3H2,1H3,(H,17,20). The minimum atomic E-state index is -5.17. The van der Waals surface area contributed by atoms with E-state index in [1.165, 1.54) is 5.32 Å². The number of carbonyl (C=O) groups excluding carboxylic acids is 2. The number of hydrogen-bond donors (Lipinski definition) is 1. The Hall–Kier alpha value is -1.99. The van der Waals surface area contributed by atoms with Crippen LogP contribution in [0.15, 0.2) is 0 Å². The summed E-state index contributed by atoms with van der Waals surface area (Å²) in [6.07, 6.45) is -10.2. The van der Waals surface area contributed by atoms with Crippen LogP contribution in [0.3, 0.4) is 0 Å². The molecule has 5 nitrogen and oxygen atoms in total. The minimum Gasteiger partial charge on any atom is -0.316 e. The molecule has 1 saturated heterocycles. The van der Waals surface area contributed by atoms with Gasteiger partial charge in [0.25, 0.3) is 5.91 Å². The fraction of sp³-hybridized carbons (Fsp3) is 0.667. The van der Waals surface area contributed by atoms with E-state index in [1.54, 1.807) is 0 Å². The molecule has 1 N–H and O–H groups in total. The Morgan fingerprint density at radius 3 is 2.10 bits per heavy atom. The molecular weight excluding hydrogens is 296 g/mol. The van der Waals surface area contributed by atoms with Crippen LogP contribution in [0.25, 0.3) is 0 Å². The lowest BCUT2D eigenvalue weighted by atomic mass is 10.0. The summed E-state index contributed by atoms with van der Waals surface area (Å²) < 4.78 is 75.0. The molecule has 1 rings (SSSR count). The number of nitrogens with one attached hydrogen (secondary N) is 1. The highest BCUT2D eigenvalue weighted by atomic mass is 19.4. The van der Waals surface area contributed by atoms with Gasteiger partial charge >= 0.3 is 18.4 Å².